The average molecular weight is 602 g/mol. The van der Waals surface area contributed by atoms with Gasteiger partial charge < -0.3 is 28.9 Å². The molecular weight excluding hydrogens is 573 g/mol. The van der Waals surface area contributed by atoms with Gasteiger partial charge in [-0.2, -0.15) is 5.09 Å². The third-order valence-electron chi connectivity index (χ3n) is 5.57. The minimum Gasteiger partial charge on any atom is -0.480 e. The molecule has 3 atom stereocenters. The van der Waals surface area contributed by atoms with Crippen LogP contribution in [0.4, 0.5) is 10.5 Å². The zero-order valence-corrected chi connectivity index (χ0v) is 23.4. The van der Waals surface area contributed by atoms with E-state index in [9.17, 15) is 34.2 Å². The molecule has 3 unspecified atom stereocenters. The zero-order valence-electron chi connectivity index (χ0n) is 22.5. The molecule has 0 bridgehead atoms. The Labute approximate surface area is 240 Å². The Balaban J connectivity index is 1.69. The number of carboxylic acids is 1. The second kappa shape index (κ2) is 14.6. The minimum absolute atomic E-state index is 0.0238. The molecule has 15 heteroatoms. The number of non-ortho nitro benzene ring substituents is 1. The van der Waals surface area contributed by atoms with Crippen LogP contribution >= 0.6 is 7.75 Å². The number of benzene rings is 3. The summed E-state index contributed by atoms with van der Waals surface area (Å²) >= 11 is 0. The molecule has 0 spiro atoms. The summed E-state index contributed by atoms with van der Waals surface area (Å²) in [6.07, 6.45) is -1.01. The molecule has 0 aliphatic heterocycles. The Kier molecular flexibility index (Phi) is 11.0. The topological polar surface area (TPSA) is 193 Å². The summed E-state index contributed by atoms with van der Waals surface area (Å²) in [5.41, 5.74) is 1.00. The van der Waals surface area contributed by atoms with E-state index in [1.807, 2.05) is 6.07 Å². The Bertz CT molecular complexity index is 1430. The van der Waals surface area contributed by atoms with E-state index in [0.29, 0.717) is 5.56 Å². The number of carboxylic acid groups (broad SMARTS) is 1. The van der Waals surface area contributed by atoms with Crippen LogP contribution in [0.5, 0.6) is 11.5 Å². The molecule has 0 saturated heterocycles. The normalized spacial score (nSPS) is 13.5. The van der Waals surface area contributed by atoms with E-state index in [1.54, 1.807) is 24.3 Å². The first-order valence-electron chi connectivity index (χ1n) is 12.4. The average Bonchev–Trinajstić information content (AvgIpc) is 2.96. The number of nitrogens with zero attached hydrogens (tertiary/aromatic N) is 1. The van der Waals surface area contributed by atoms with Crippen molar-refractivity contribution in [2.75, 3.05) is 7.11 Å². The molecule has 0 aliphatic carbocycles. The summed E-state index contributed by atoms with van der Waals surface area (Å²) in [6.45, 7) is 1.34. The van der Waals surface area contributed by atoms with Gasteiger partial charge in [-0.15, -0.1) is 0 Å². The van der Waals surface area contributed by atoms with Gasteiger partial charge in [0.1, 0.15) is 30.2 Å². The Morgan fingerprint density at radius 3 is 2.02 bits per heavy atom. The molecule has 0 aliphatic rings. The van der Waals surface area contributed by atoms with Gasteiger partial charge in [-0.25, -0.2) is 14.2 Å². The number of nitro benzene ring substituents is 1. The highest BCUT2D eigenvalue weighted by molar-refractivity contribution is 7.52. The van der Waals surface area contributed by atoms with E-state index in [2.05, 4.69) is 15.1 Å². The molecule has 0 fully saturated rings. The van der Waals surface area contributed by atoms with Crippen LogP contribution in [0.1, 0.15) is 18.1 Å². The summed E-state index contributed by atoms with van der Waals surface area (Å²) in [7, 11) is -3.18. The maximum absolute atomic E-state index is 13.6. The summed E-state index contributed by atoms with van der Waals surface area (Å²) in [6, 6.07) is 16.9. The molecule has 3 aromatic rings. The van der Waals surface area contributed by atoms with Gasteiger partial charge in [0, 0.05) is 18.6 Å². The van der Waals surface area contributed by atoms with Crippen LogP contribution in [0.15, 0.2) is 78.9 Å². The first kappa shape index (κ1) is 31.6. The van der Waals surface area contributed by atoms with E-state index in [1.165, 1.54) is 43.3 Å². The molecule has 0 saturated carbocycles. The van der Waals surface area contributed by atoms with Crippen LogP contribution in [0.3, 0.4) is 0 Å². The number of hydrogen-bond donors (Lipinski definition) is 3. The number of nitrogens with one attached hydrogen (secondary N) is 2. The Hall–Kier alpha value is -4.94. The van der Waals surface area contributed by atoms with Gasteiger partial charge in [0.15, 0.2) is 0 Å². The maximum Gasteiger partial charge on any atom is 0.513 e. The number of ether oxygens (including phenoxy) is 2. The molecule has 14 nitrogen and oxygen atoms in total. The number of aliphatic carboxylic acids is 1. The van der Waals surface area contributed by atoms with Crippen LogP contribution in [-0.4, -0.2) is 47.3 Å². The van der Waals surface area contributed by atoms with Gasteiger partial charge in [0.25, 0.3) is 5.69 Å². The van der Waals surface area contributed by atoms with E-state index in [0.717, 1.165) is 24.8 Å². The number of methoxy groups -OCH3 is 1. The lowest BCUT2D eigenvalue weighted by Crippen LogP contribution is -2.42. The minimum atomic E-state index is -4.32. The Morgan fingerprint density at radius 1 is 0.929 bits per heavy atom. The number of alkyl carbamates (subject to hydrolysis) is 1. The fourth-order valence-electron chi connectivity index (χ4n) is 3.47. The van der Waals surface area contributed by atoms with Crippen molar-refractivity contribution in [1.82, 2.24) is 10.4 Å². The van der Waals surface area contributed by atoms with E-state index < -0.39 is 42.8 Å². The lowest BCUT2D eigenvalue weighted by molar-refractivity contribution is -0.384. The number of carbonyl (C=O) groups excluding carboxylic acids is 2. The predicted molar refractivity (Wildman–Crippen MR) is 148 cm³/mol. The number of rotatable bonds is 14. The highest BCUT2D eigenvalue weighted by Crippen LogP contribution is 2.45. The van der Waals surface area contributed by atoms with Crippen molar-refractivity contribution in [1.29, 1.82) is 0 Å². The molecule has 222 valence electrons. The van der Waals surface area contributed by atoms with E-state index >= 15 is 0 Å². The van der Waals surface area contributed by atoms with Gasteiger partial charge in [-0.3, -0.25) is 14.9 Å². The molecule has 3 aromatic carbocycles. The van der Waals surface area contributed by atoms with E-state index in [4.69, 9.17) is 13.8 Å². The van der Waals surface area contributed by atoms with Crippen LogP contribution in [0.2, 0.25) is 0 Å². The van der Waals surface area contributed by atoms with Crippen LogP contribution in [-0.2, 0) is 36.7 Å². The van der Waals surface area contributed by atoms with Crippen LogP contribution in [0.25, 0.3) is 0 Å². The SMILES string of the molecule is COC(=O)C(C)NP(=O)(Oc1ccc(CC(NC(=O)OCc2ccccc2)C(=O)O)cc1)Oc1ccc([N+](=O)[O-])cc1. The van der Waals surface area contributed by atoms with Gasteiger partial charge in [0.05, 0.1) is 12.0 Å². The summed E-state index contributed by atoms with van der Waals surface area (Å²) in [5, 5.41) is 25.3. The van der Waals surface area contributed by atoms with Gasteiger partial charge in [-0.05, 0) is 42.3 Å². The van der Waals surface area contributed by atoms with Crippen molar-refractivity contribution in [3.05, 3.63) is 100 Å². The smallest absolute Gasteiger partial charge is 0.480 e. The van der Waals surface area contributed by atoms with Crippen molar-refractivity contribution < 1.29 is 47.5 Å². The van der Waals surface area contributed by atoms with Crippen molar-refractivity contribution in [2.24, 2.45) is 0 Å². The third kappa shape index (κ3) is 9.61. The molecular formula is C27H28N3O11P. The molecule has 3 N–H and O–H groups in total. The zero-order chi connectivity index (χ0) is 30.7. The summed E-state index contributed by atoms with van der Waals surface area (Å²) in [4.78, 5) is 46.1. The number of esters is 1. The monoisotopic (exact) mass is 601 g/mol. The Morgan fingerprint density at radius 2 is 1.50 bits per heavy atom. The van der Waals surface area contributed by atoms with Crippen LogP contribution < -0.4 is 19.5 Å². The lowest BCUT2D eigenvalue weighted by Gasteiger charge is -2.23. The van der Waals surface area contributed by atoms with Gasteiger partial charge in [0.2, 0.25) is 0 Å². The van der Waals surface area contributed by atoms with Gasteiger partial charge in [-0.1, -0.05) is 42.5 Å². The fraction of sp³-hybridized carbons (Fsp3) is 0.222. The number of amides is 1. The second-order valence-corrected chi connectivity index (χ2v) is 10.4. The van der Waals surface area contributed by atoms with Crippen molar-refractivity contribution in [3.8, 4) is 11.5 Å². The highest BCUT2D eigenvalue weighted by atomic mass is 31.2. The molecule has 0 aromatic heterocycles. The molecule has 0 radical (unpaired) electrons. The summed E-state index contributed by atoms with van der Waals surface area (Å²) < 4.78 is 34.4. The summed E-state index contributed by atoms with van der Waals surface area (Å²) in [5.74, 6) is -2.06. The molecule has 0 heterocycles. The molecule has 42 heavy (non-hydrogen) atoms. The van der Waals surface area contributed by atoms with Crippen molar-refractivity contribution in [3.63, 3.8) is 0 Å². The lowest BCUT2D eigenvalue weighted by atomic mass is 10.1. The van der Waals surface area contributed by atoms with Gasteiger partial charge >= 0.3 is 25.8 Å². The third-order valence-corrected chi connectivity index (χ3v) is 7.18. The van der Waals surface area contributed by atoms with Crippen molar-refractivity contribution in [2.45, 2.75) is 32.0 Å². The highest BCUT2D eigenvalue weighted by Gasteiger charge is 2.34. The van der Waals surface area contributed by atoms with E-state index in [-0.39, 0.29) is 30.2 Å². The predicted octanol–water partition coefficient (Wildman–Crippen LogP) is 4.23. The number of carbonyl (C=O) groups is 3. The maximum atomic E-state index is 13.6. The first-order valence-corrected chi connectivity index (χ1v) is 13.9. The molecule has 3 rings (SSSR count). The number of nitro groups is 1. The number of hydrogen-bond acceptors (Lipinski definition) is 10. The molecule has 1 amide bonds. The fourth-order valence-corrected chi connectivity index (χ4v) is 4.99. The largest absolute Gasteiger partial charge is 0.513 e. The van der Waals surface area contributed by atoms with Crippen LogP contribution in [0, 0.1) is 10.1 Å². The standard InChI is InChI=1S/C27H28N3O11P/c1-18(26(33)38-2)29-42(37,41-23-14-10-21(11-15-23)30(35)36)40-22-12-8-19(9-13-22)16-24(25(31)32)28-27(34)39-17-20-6-4-3-5-7-20/h3-15,18,24H,16-17H2,1-2H3,(H,28,34)(H,29,37)(H,31,32). The first-order chi connectivity index (χ1) is 20.0. The van der Waals surface area contributed by atoms with Crippen molar-refractivity contribution >= 4 is 31.5 Å². The second-order valence-electron chi connectivity index (χ2n) is 8.75. The quantitative estimate of drug-likeness (QED) is 0.103.